The summed E-state index contributed by atoms with van der Waals surface area (Å²) in [5, 5.41) is 20.0. The van der Waals surface area contributed by atoms with Gasteiger partial charge in [-0.15, -0.1) is 0 Å². The summed E-state index contributed by atoms with van der Waals surface area (Å²) < 4.78 is 10.3. The third-order valence-corrected chi connectivity index (χ3v) is 9.05. The predicted octanol–water partition coefficient (Wildman–Crippen LogP) is 12.7. The Hall–Kier alpha value is -2.70. The number of aliphatic hydroxyl groups excluding tert-OH is 2. The standard InChI is InChI=1S/C47H80O6/c1-3-5-7-9-11-12-13-14-15-16-17-18-19-20-21-25-28-32-36-40-46(50)52-42-45(49)43-53-47(51)41-37-33-29-26-23-22-24-27-31-35-39-44(48)38-34-30-10-8-6-4-2/h6,8,22-23,27,29-31,33-35,39,44-45,48-49H,3-5,7,9-21,24-26,28,32,36-38,40-43H2,1-2H3/b8-6-,23-22-,31-27-,33-29-,34-30-,39-35+/t44?,45-/m0/s1. The van der Waals surface area contributed by atoms with Gasteiger partial charge in [0.15, 0.2) is 0 Å². The molecular formula is C47H80O6. The highest BCUT2D eigenvalue weighted by molar-refractivity contribution is 5.70. The van der Waals surface area contributed by atoms with Gasteiger partial charge in [-0.3, -0.25) is 9.59 Å². The van der Waals surface area contributed by atoms with E-state index in [1.165, 1.54) is 103 Å². The zero-order chi connectivity index (χ0) is 38.7. The van der Waals surface area contributed by atoms with Crippen LogP contribution in [0.25, 0.3) is 0 Å². The zero-order valence-corrected chi connectivity index (χ0v) is 34.1. The van der Waals surface area contributed by atoms with Crippen LogP contribution in [-0.2, 0) is 19.1 Å². The molecule has 0 aliphatic carbocycles. The van der Waals surface area contributed by atoms with Crippen molar-refractivity contribution in [3.05, 3.63) is 72.9 Å². The second-order valence-corrected chi connectivity index (χ2v) is 14.3. The highest BCUT2D eigenvalue weighted by atomic mass is 16.6. The molecule has 0 heterocycles. The Morgan fingerprint density at radius 1 is 0.491 bits per heavy atom. The van der Waals surface area contributed by atoms with Crippen molar-refractivity contribution in [3.8, 4) is 0 Å². The van der Waals surface area contributed by atoms with Gasteiger partial charge < -0.3 is 19.7 Å². The maximum absolute atomic E-state index is 12.0. The minimum atomic E-state index is -1.01. The molecule has 2 N–H and O–H groups in total. The normalized spacial score (nSPS) is 13.5. The molecule has 0 aromatic heterocycles. The lowest BCUT2D eigenvalue weighted by Gasteiger charge is -2.12. The molecule has 53 heavy (non-hydrogen) atoms. The molecule has 0 amide bonds. The maximum atomic E-state index is 12.0. The molecule has 304 valence electrons. The van der Waals surface area contributed by atoms with Crippen LogP contribution < -0.4 is 0 Å². The van der Waals surface area contributed by atoms with Crippen LogP contribution in [0.4, 0.5) is 0 Å². The summed E-state index contributed by atoms with van der Waals surface area (Å²) in [6, 6.07) is 0. The molecular weight excluding hydrogens is 661 g/mol. The molecule has 0 saturated carbocycles. The van der Waals surface area contributed by atoms with Crippen LogP contribution in [0.3, 0.4) is 0 Å². The van der Waals surface area contributed by atoms with E-state index in [-0.39, 0.29) is 31.6 Å². The van der Waals surface area contributed by atoms with Gasteiger partial charge in [-0.25, -0.2) is 0 Å². The summed E-state index contributed by atoms with van der Waals surface area (Å²) in [6.45, 7) is 4.06. The number of esters is 2. The summed E-state index contributed by atoms with van der Waals surface area (Å²) in [5.74, 6) is -0.687. The van der Waals surface area contributed by atoms with Gasteiger partial charge in [0.25, 0.3) is 0 Å². The smallest absolute Gasteiger partial charge is 0.306 e. The first-order valence-electron chi connectivity index (χ1n) is 21.6. The number of hydrogen-bond donors (Lipinski definition) is 2. The molecule has 2 atom stereocenters. The van der Waals surface area contributed by atoms with E-state index >= 15 is 0 Å². The summed E-state index contributed by atoms with van der Waals surface area (Å²) in [4.78, 5) is 24.0. The van der Waals surface area contributed by atoms with Crippen molar-refractivity contribution in [1.29, 1.82) is 0 Å². The van der Waals surface area contributed by atoms with Gasteiger partial charge in [-0.05, 0) is 44.9 Å². The molecule has 0 rings (SSSR count). The summed E-state index contributed by atoms with van der Waals surface area (Å²) >= 11 is 0. The fourth-order valence-electron chi connectivity index (χ4n) is 5.78. The second-order valence-electron chi connectivity index (χ2n) is 14.3. The van der Waals surface area contributed by atoms with Crippen molar-refractivity contribution in [2.24, 2.45) is 0 Å². The first kappa shape index (κ1) is 50.3. The summed E-state index contributed by atoms with van der Waals surface area (Å²) in [7, 11) is 0. The number of carbonyl (C=O) groups excluding carboxylic acids is 2. The molecule has 0 aliphatic heterocycles. The van der Waals surface area contributed by atoms with Gasteiger partial charge in [-0.1, -0.05) is 202 Å². The minimum Gasteiger partial charge on any atom is -0.463 e. The monoisotopic (exact) mass is 741 g/mol. The number of rotatable bonds is 38. The Morgan fingerprint density at radius 3 is 1.45 bits per heavy atom. The highest BCUT2D eigenvalue weighted by Crippen LogP contribution is 2.15. The molecule has 1 unspecified atom stereocenters. The van der Waals surface area contributed by atoms with Gasteiger partial charge in [0.1, 0.15) is 19.3 Å². The van der Waals surface area contributed by atoms with Crippen molar-refractivity contribution in [1.82, 2.24) is 0 Å². The SMILES string of the molecule is CC/C=C\C/C=C\CC(O)/C=C/C=C\C/C=C\C/C=C\CCC(=O)OC[C@@H](O)COC(=O)CCCCCCCCCCCCCCCCCCCCC. The Balaban J connectivity index is 3.59. The number of ether oxygens (including phenoxy) is 2. The Kier molecular flexibility index (Phi) is 39.9. The quantitative estimate of drug-likeness (QED) is 0.0283. The molecule has 0 bridgehead atoms. The van der Waals surface area contributed by atoms with Crippen LogP contribution in [0.2, 0.25) is 0 Å². The molecule has 0 aliphatic rings. The average molecular weight is 741 g/mol. The number of allylic oxidation sites excluding steroid dienone is 10. The van der Waals surface area contributed by atoms with Crippen LogP contribution in [-0.4, -0.2) is 47.6 Å². The number of hydrogen-bond acceptors (Lipinski definition) is 6. The third kappa shape index (κ3) is 41.9. The van der Waals surface area contributed by atoms with Crippen LogP contribution in [0.15, 0.2) is 72.9 Å². The zero-order valence-electron chi connectivity index (χ0n) is 34.1. The van der Waals surface area contributed by atoms with E-state index in [9.17, 15) is 19.8 Å². The van der Waals surface area contributed by atoms with E-state index in [0.29, 0.717) is 19.3 Å². The minimum absolute atomic E-state index is 0.153. The van der Waals surface area contributed by atoms with E-state index in [4.69, 9.17) is 9.47 Å². The second kappa shape index (κ2) is 42.0. The summed E-state index contributed by atoms with van der Waals surface area (Å²) in [5.41, 5.74) is 0. The van der Waals surface area contributed by atoms with E-state index in [1.54, 1.807) is 6.08 Å². The van der Waals surface area contributed by atoms with Crippen molar-refractivity contribution in [2.75, 3.05) is 13.2 Å². The van der Waals surface area contributed by atoms with E-state index in [0.717, 1.165) is 44.9 Å². The summed E-state index contributed by atoms with van der Waals surface area (Å²) in [6.07, 6.45) is 52.9. The fraction of sp³-hybridized carbons (Fsp3) is 0.702. The van der Waals surface area contributed by atoms with Crippen molar-refractivity contribution < 1.29 is 29.3 Å². The van der Waals surface area contributed by atoms with Crippen molar-refractivity contribution in [3.63, 3.8) is 0 Å². The Labute approximate surface area is 326 Å². The highest BCUT2D eigenvalue weighted by Gasteiger charge is 2.11. The molecule has 0 aromatic rings. The van der Waals surface area contributed by atoms with Gasteiger partial charge in [0.2, 0.25) is 0 Å². The van der Waals surface area contributed by atoms with Gasteiger partial charge >= 0.3 is 11.9 Å². The lowest BCUT2D eigenvalue weighted by Crippen LogP contribution is -2.25. The molecule has 6 nitrogen and oxygen atoms in total. The fourth-order valence-corrected chi connectivity index (χ4v) is 5.78. The topological polar surface area (TPSA) is 93.1 Å². The molecule has 0 radical (unpaired) electrons. The number of carbonyl (C=O) groups is 2. The largest absolute Gasteiger partial charge is 0.463 e. The van der Waals surface area contributed by atoms with Gasteiger partial charge in [0, 0.05) is 12.8 Å². The lowest BCUT2D eigenvalue weighted by atomic mass is 10.0. The molecule has 0 aromatic carbocycles. The van der Waals surface area contributed by atoms with Crippen LogP contribution in [0.5, 0.6) is 0 Å². The van der Waals surface area contributed by atoms with E-state index in [2.05, 4.69) is 44.2 Å². The van der Waals surface area contributed by atoms with Crippen molar-refractivity contribution >= 4 is 11.9 Å². The van der Waals surface area contributed by atoms with Crippen LogP contribution in [0, 0.1) is 0 Å². The van der Waals surface area contributed by atoms with E-state index in [1.807, 2.05) is 36.5 Å². The van der Waals surface area contributed by atoms with Crippen LogP contribution in [0.1, 0.15) is 187 Å². The van der Waals surface area contributed by atoms with Crippen LogP contribution >= 0.6 is 0 Å². The predicted molar refractivity (Wildman–Crippen MR) is 225 cm³/mol. The first-order valence-corrected chi connectivity index (χ1v) is 21.6. The van der Waals surface area contributed by atoms with Crippen molar-refractivity contribution in [2.45, 2.75) is 199 Å². The number of aliphatic hydroxyl groups is 2. The Bertz CT molecular complexity index is 991. The van der Waals surface area contributed by atoms with E-state index < -0.39 is 12.2 Å². The molecule has 6 heteroatoms. The molecule has 0 fully saturated rings. The van der Waals surface area contributed by atoms with Gasteiger partial charge in [-0.2, -0.15) is 0 Å². The molecule has 0 saturated heterocycles. The number of unbranched alkanes of at least 4 members (excludes halogenated alkanes) is 18. The first-order chi connectivity index (χ1) is 26.0. The Morgan fingerprint density at radius 2 is 0.925 bits per heavy atom. The maximum Gasteiger partial charge on any atom is 0.306 e. The third-order valence-electron chi connectivity index (χ3n) is 9.05. The molecule has 0 spiro atoms. The lowest BCUT2D eigenvalue weighted by molar-refractivity contribution is -0.152. The average Bonchev–Trinajstić information content (AvgIpc) is 3.15. The van der Waals surface area contributed by atoms with Gasteiger partial charge in [0.05, 0.1) is 6.10 Å².